The van der Waals surface area contributed by atoms with E-state index in [1.54, 1.807) is 18.1 Å². The first-order chi connectivity index (χ1) is 7.79. The van der Waals surface area contributed by atoms with Crippen molar-refractivity contribution in [3.05, 3.63) is 48.0 Å². The van der Waals surface area contributed by atoms with Gasteiger partial charge in [-0.05, 0) is 12.5 Å². The predicted octanol–water partition coefficient (Wildman–Crippen LogP) is 1.71. The van der Waals surface area contributed by atoms with Gasteiger partial charge in [-0.3, -0.25) is 4.99 Å². The Morgan fingerprint density at radius 2 is 2.31 bits per heavy atom. The second-order valence-corrected chi connectivity index (χ2v) is 3.63. The SMILES string of the molecule is CN=C(Cn1cncn1)c1cccc(C)c1. The first-order valence-corrected chi connectivity index (χ1v) is 5.14. The van der Waals surface area contributed by atoms with Crippen LogP contribution >= 0.6 is 0 Å². The Morgan fingerprint density at radius 3 is 2.94 bits per heavy atom. The van der Waals surface area contributed by atoms with E-state index in [2.05, 4.69) is 40.2 Å². The van der Waals surface area contributed by atoms with Crippen LogP contribution in [0.25, 0.3) is 0 Å². The normalized spacial score (nSPS) is 11.8. The summed E-state index contributed by atoms with van der Waals surface area (Å²) in [5, 5.41) is 4.08. The average molecular weight is 214 g/mol. The van der Waals surface area contributed by atoms with Gasteiger partial charge in [-0.15, -0.1) is 0 Å². The molecule has 0 aliphatic carbocycles. The third-order valence-electron chi connectivity index (χ3n) is 2.40. The lowest BCUT2D eigenvalue weighted by molar-refractivity contribution is 0.721. The fraction of sp³-hybridized carbons (Fsp3) is 0.250. The third-order valence-corrected chi connectivity index (χ3v) is 2.40. The minimum Gasteiger partial charge on any atom is -0.290 e. The molecule has 2 rings (SSSR count). The highest BCUT2D eigenvalue weighted by molar-refractivity contribution is 6.00. The quantitative estimate of drug-likeness (QED) is 0.730. The van der Waals surface area contributed by atoms with E-state index >= 15 is 0 Å². The van der Waals surface area contributed by atoms with E-state index in [1.165, 1.54) is 11.9 Å². The summed E-state index contributed by atoms with van der Waals surface area (Å²) in [6, 6.07) is 8.30. The van der Waals surface area contributed by atoms with E-state index in [9.17, 15) is 0 Å². The molecule has 0 saturated heterocycles. The second-order valence-electron chi connectivity index (χ2n) is 3.63. The maximum atomic E-state index is 4.30. The van der Waals surface area contributed by atoms with Crippen LogP contribution in [0.3, 0.4) is 0 Å². The molecule has 1 heterocycles. The summed E-state index contributed by atoms with van der Waals surface area (Å²) in [4.78, 5) is 8.22. The zero-order chi connectivity index (χ0) is 11.4. The molecule has 0 fully saturated rings. The molecule has 0 radical (unpaired) electrons. The van der Waals surface area contributed by atoms with Crippen molar-refractivity contribution in [1.82, 2.24) is 14.8 Å². The van der Waals surface area contributed by atoms with Crippen molar-refractivity contribution in [2.45, 2.75) is 13.5 Å². The molecule has 82 valence electrons. The van der Waals surface area contributed by atoms with Gasteiger partial charge in [-0.2, -0.15) is 5.10 Å². The first-order valence-electron chi connectivity index (χ1n) is 5.14. The molecule has 4 nitrogen and oxygen atoms in total. The molecule has 0 bridgehead atoms. The standard InChI is InChI=1S/C12H14N4/c1-10-4-3-5-11(6-10)12(13-2)7-16-9-14-8-15-16/h3-6,8-9H,7H2,1-2H3. The van der Waals surface area contributed by atoms with Gasteiger partial charge in [0.2, 0.25) is 0 Å². The topological polar surface area (TPSA) is 43.1 Å². The van der Waals surface area contributed by atoms with E-state index in [0.717, 1.165) is 11.3 Å². The van der Waals surface area contributed by atoms with E-state index in [1.807, 2.05) is 6.07 Å². The number of nitrogens with zero attached hydrogens (tertiary/aromatic N) is 4. The van der Waals surface area contributed by atoms with Crippen LogP contribution in [0, 0.1) is 6.92 Å². The summed E-state index contributed by atoms with van der Waals surface area (Å²) in [5.74, 6) is 0. The van der Waals surface area contributed by atoms with Crippen LogP contribution in [-0.4, -0.2) is 27.5 Å². The second kappa shape index (κ2) is 4.70. The molecular formula is C12H14N4. The number of rotatable bonds is 3. The van der Waals surface area contributed by atoms with Gasteiger partial charge in [-0.1, -0.05) is 29.8 Å². The van der Waals surface area contributed by atoms with Crippen molar-refractivity contribution >= 4 is 5.71 Å². The monoisotopic (exact) mass is 214 g/mol. The Bertz CT molecular complexity index is 485. The highest BCUT2D eigenvalue weighted by Gasteiger charge is 2.04. The zero-order valence-corrected chi connectivity index (χ0v) is 9.46. The van der Waals surface area contributed by atoms with Crippen molar-refractivity contribution in [3.63, 3.8) is 0 Å². The molecular weight excluding hydrogens is 200 g/mol. The Morgan fingerprint density at radius 1 is 1.44 bits per heavy atom. The predicted molar refractivity (Wildman–Crippen MR) is 63.7 cm³/mol. The van der Waals surface area contributed by atoms with Crippen molar-refractivity contribution in [2.24, 2.45) is 4.99 Å². The smallest absolute Gasteiger partial charge is 0.137 e. The summed E-state index contributed by atoms with van der Waals surface area (Å²) in [5.41, 5.74) is 3.38. The summed E-state index contributed by atoms with van der Waals surface area (Å²) in [6.45, 7) is 2.73. The number of aliphatic imine (C=N–C) groups is 1. The van der Waals surface area contributed by atoms with Crippen molar-refractivity contribution in [2.75, 3.05) is 7.05 Å². The van der Waals surface area contributed by atoms with E-state index in [0.29, 0.717) is 6.54 Å². The van der Waals surface area contributed by atoms with Gasteiger partial charge in [0.1, 0.15) is 12.7 Å². The zero-order valence-electron chi connectivity index (χ0n) is 9.46. The van der Waals surface area contributed by atoms with Gasteiger partial charge in [0.25, 0.3) is 0 Å². The van der Waals surface area contributed by atoms with Crippen LogP contribution in [0.1, 0.15) is 11.1 Å². The van der Waals surface area contributed by atoms with Gasteiger partial charge in [0.15, 0.2) is 0 Å². The lowest BCUT2D eigenvalue weighted by Crippen LogP contribution is -2.12. The number of aryl methyl sites for hydroxylation is 1. The summed E-state index contributed by atoms with van der Waals surface area (Å²) in [7, 11) is 1.80. The number of hydrogen-bond acceptors (Lipinski definition) is 3. The van der Waals surface area contributed by atoms with Gasteiger partial charge in [0.05, 0.1) is 12.3 Å². The van der Waals surface area contributed by atoms with E-state index in [4.69, 9.17) is 0 Å². The molecule has 16 heavy (non-hydrogen) atoms. The van der Waals surface area contributed by atoms with Crippen LogP contribution in [0.2, 0.25) is 0 Å². The molecule has 0 atom stereocenters. The molecule has 1 aromatic carbocycles. The highest BCUT2D eigenvalue weighted by atomic mass is 15.3. The Balaban J connectivity index is 2.24. The molecule has 0 N–H and O–H groups in total. The molecule has 1 aromatic heterocycles. The molecule has 0 unspecified atom stereocenters. The third kappa shape index (κ3) is 2.34. The molecule has 0 aliphatic rings. The van der Waals surface area contributed by atoms with E-state index in [-0.39, 0.29) is 0 Å². The Labute approximate surface area is 94.7 Å². The van der Waals surface area contributed by atoms with Gasteiger partial charge in [0, 0.05) is 7.05 Å². The maximum absolute atomic E-state index is 4.30. The summed E-state index contributed by atoms with van der Waals surface area (Å²) < 4.78 is 1.77. The van der Waals surface area contributed by atoms with Crippen LogP contribution in [-0.2, 0) is 6.54 Å². The summed E-state index contributed by atoms with van der Waals surface area (Å²) >= 11 is 0. The molecule has 0 spiro atoms. The molecule has 4 heteroatoms. The van der Waals surface area contributed by atoms with Crippen LogP contribution in [0.15, 0.2) is 41.9 Å². The molecule has 0 amide bonds. The lowest BCUT2D eigenvalue weighted by Gasteiger charge is -2.06. The average Bonchev–Trinajstić information content (AvgIpc) is 2.78. The minimum atomic E-state index is 0.653. The molecule has 0 saturated carbocycles. The Hall–Kier alpha value is -1.97. The van der Waals surface area contributed by atoms with E-state index < -0.39 is 0 Å². The maximum Gasteiger partial charge on any atom is 0.137 e. The largest absolute Gasteiger partial charge is 0.290 e. The lowest BCUT2D eigenvalue weighted by atomic mass is 10.1. The fourth-order valence-corrected chi connectivity index (χ4v) is 1.58. The highest BCUT2D eigenvalue weighted by Crippen LogP contribution is 2.06. The Kier molecular flexibility index (Phi) is 3.10. The first kappa shape index (κ1) is 10.5. The van der Waals surface area contributed by atoms with Crippen LogP contribution in [0.5, 0.6) is 0 Å². The van der Waals surface area contributed by atoms with Gasteiger partial charge >= 0.3 is 0 Å². The molecule has 0 aliphatic heterocycles. The fourth-order valence-electron chi connectivity index (χ4n) is 1.58. The number of aromatic nitrogens is 3. The van der Waals surface area contributed by atoms with Crippen LogP contribution in [0.4, 0.5) is 0 Å². The summed E-state index contributed by atoms with van der Waals surface area (Å²) in [6.07, 6.45) is 3.23. The number of benzene rings is 1. The van der Waals surface area contributed by atoms with Gasteiger partial charge < -0.3 is 0 Å². The van der Waals surface area contributed by atoms with Crippen molar-refractivity contribution in [1.29, 1.82) is 0 Å². The molecule has 2 aromatic rings. The minimum absolute atomic E-state index is 0.653. The van der Waals surface area contributed by atoms with Crippen LogP contribution < -0.4 is 0 Å². The number of hydrogen-bond donors (Lipinski definition) is 0. The van der Waals surface area contributed by atoms with Crippen molar-refractivity contribution < 1.29 is 0 Å². The van der Waals surface area contributed by atoms with Gasteiger partial charge in [-0.25, -0.2) is 9.67 Å². The van der Waals surface area contributed by atoms with Crippen molar-refractivity contribution in [3.8, 4) is 0 Å².